The molecule has 1 heterocycles. The van der Waals surface area contributed by atoms with Gasteiger partial charge in [0.05, 0.1) is 5.41 Å². The number of aryl methyl sites for hydroxylation is 1. The summed E-state index contributed by atoms with van der Waals surface area (Å²) in [6.07, 6.45) is 2.47. The fourth-order valence-electron chi connectivity index (χ4n) is 4.75. The van der Waals surface area contributed by atoms with E-state index in [1.54, 1.807) is 7.05 Å². The van der Waals surface area contributed by atoms with Crippen LogP contribution in [0.5, 0.6) is 0 Å². The monoisotopic (exact) mass is 426 g/mol. The van der Waals surface area contributed by atoms with Gasteiger partial charge in [0.25, 0.3) is 0 Å². The number of hydrogen-bond acceptors (Lipinski definition) is 2. The molecule has 1 fully saturated rings. The zero-order valence-corrected chi connectivity index (χ0v) is 18.6. The minimum absolute atomic E-state index is 0.0127. The smallest absolute Gasteiger partial charge is 0.228 e. The summed E-state index contributed by atoms with van der Waals surface area (Å²) >= 11 is 0. The van der Waals surface area contributed by atoms with Crippen LogP contribution in [0.2, 0.25) is 0 Å². The highest BCUT2D eigenvalue weighted by molar-refractivity contribution is 5.86. The Labute approximate surface area is 190 Å². The Kier molecular flexibility index (Phi) is 6.69. The average molecular weight is 427 g/mol. The van der Waals surface area contributed by atoms with Crippen molar-refractivity contribution in [1.29, 1.82) is 0 Å². The van der Waals surface area contributed by atoms with E-state index in [1.807, 2.05) is 65.6 Å². The zero-order chi connectivity index (χ0) is 22.4. The van der Waals surface area contributed by atoms with E-state index in [9.17, 15) is 9.59 Å². The molecule has 4 rings (SSSR count). The number of benzene rings is 3. The molecule has 0 aromatic heterocycles. The van der Waals surface area contributed by atoms with Gasteiger partial charge in [-0.2, -0.15) is 0 Å². The normalized spacial score (nSPS) is 17.8. The largest absolute Gasteiger partial charge is 0.359 e. The van der Waals surface area contributed by atoms with Crippen LogP contribution in [0.15, 0.2) is 84.9 Å². The predicted molar refractivity (Wildman–Crippen MR) is 128 cm³/mol. The highest BCUT2D eigenvalue weighted by atomic mass is 16.2. The molecule has 0 unspecified atom stereocenters. The summed E-state index contributed by atoms with van der Waals surface area (Å²) in [7, 11) is 1.69. The summed E-state index contributed by atoms with van der Waals surface area (Å²) in [5, 5.41) is 2.87. The van der Waals surface area contributed by atoms with Gasteiger partial charge in [-0.25, -0.2) is 0 Å². The lowest BCUT2D eigenvalue weighted by Gasteiger charge is -2.28. The fraction of sp³-hybridized carbons (Fsp3) is 0.286. The van der Waals surface area contributed by atoms with Gasteiger partial charge < -0.3 is 10.2 Å². The lowest BCUT2D eigenvalue weighted by atomic mass is 9.78. The number of carbonyl (C=O) groups is 2. The van der Waals surface area contributed by atoms with Crippen LogP contribution >= 0.6 is 0 Å². The maximum Gasteiger partial charge on any atom is 0.228 e. The van der Waals surface area contributed by atoms with Crippen LogP contribution in [0.1, 0.15) is 24.0 Å². The van der Waals surface area contributed by atoms with Gasteiger partial charge in [0.15, 0.2) is 0 Å². The maximum atomic E-state index is 13.1. The van der Waals surface area contributed by atoms with Crippen LogP contribution in [0.3, 0.4) is 0 Å². The Morgan fingerprint density at radius 3 is 2.28 bits per heavy atom. The van der Waals surface area contributed by atoms with Gasteiger partial charge in [-0.15, -0.1) is 0 Å². The summed E-state index contributed by atoms with van der Waals surface area (Å²) in [5.41, 5.74) is 3.98. The second-order valence-corrected chi connectivity index (χ2v) is 8.61. The van der Waals surface area contributed by atoms with Crippen molar-refractivity contribution < 1.29 is 9.59 Å². The van der Waals surface area contributed by atoms with Crippen molar-refractivity contribution in [2.75, 3.05) is 20.1 Å². The zero-order valence-electron chi connectivity index (χ0n) is 18.6. The van der Waals surface area contributed by atoms with Crippen molar-refractivity contribution in [3.05, 3.63) is 96.1 Å². The second-order valence-electron chi connectivity index (χ2n) is 8.61. The third-order valence-electron chi connectivity index (χ3n) is 6.52. The summed E-state index contributed by atoms with van der Waals surface area (Å²) in [4.78, 5) is 27.9. The Morgan fingerprint density at radius 1 is 0.906 bits per heavy atom. The minimum atomic E-state index is -0.609. The van der Waals surface area contributed by atoms with Crippen LogP contribution in [0.25, 0.3) is 11.1 Å². The molecule has 164 valence electrons. The average Bonchev–Trinajstić information content (AvgIpc) is 3.29. The lowest BCUT2D eigenvalue weighted by molar-refractivity contribution is -0.133. The van der Waals surface area contributed by atoms with E-state index in [0.717, 1.165) is 28.7 Å². The van der Waals surface area contributed by atoms with Gasteiger partial charge in [-0.1, -0.05) is 84.9 Å². The maximum absolute atomic E-state index is 13.1. The van der Waals surface area contributed by atoms with Gasteiger partial charge in [-0.3, -0.25) is 9.59 Å². The molecule has 0 spiro atoms. The van der Waals surface area contributed by atoms with E-state index in [0.29, 0.717) is 32.4 Å². The predicted octanol–water partition coefficient (Wildman–Crippen LogP) is 4.49. The number of nitrogens with zero attached hydrogens (tertiary/aromatic N) is 1. The van der Waals surface area contributed by atoms with E-state index in [4.69, 9.17) is 0 Å². The van der Waals surface area contributed by atoms with Gasteiger partial charge in [-0.05, 0) is 41.5 Å². The summed E-state index contributed by atoms with van der Waals surface area (Å²) in [6.45, 7) is 1.08. The first kappa shape index (κ1) is 21.8. The molecule has 3 aromatic carbocycles. The van der Waals surface area contributed by atoms with E-state index >= 15 is 0 Å². The van der Waals surface area contributed by atoms with Crippen molar-refractivity contribution in [3.8, 4) is 11.1 Å². The number of nitrogens with one attached hydrogen (secondary N) is 1. The third kappa shape index (κ3) is 4.75. The Hall–Kier alpha value is -3.40. The van der Waals surface area contributed by atoms with Crippen molar-refractivity contribution in [1.82, 2.24) is 10.2 Å². The van der Waals surface area contributed by atoms with Crippen molar-refractivity contribution >= 4 is 11.8 Å². The topological polar surface area (TPSA) is 49.4 Å². The number of likely N-dealkylation sites (tertiary alicyclic amines) is 1. The summed E-state index contributed by atoms with van der Waals surface area (Å²) < 4.78 is 0. The molecule has 3 aromatic rings. The standard InChI is InChI=1S/C28H30N2O2/c1-29-27(32)28(20-24-14-8-9-15-25(24)23-12-6-3-7-13-23)18-19-30(21-28)26(31)17-16-22-10-4-2-5-11-22/h2-15H,16-21H2,1H3,(H,29,32)/t28-/m0/s1. The molecule has 1 aliphatic heterocycles. The molecular formula is C28H30N2O2. The van der Waals surface area contributed by atoms with E-state index in [2.05, 4.69) is 29.6 Å². The molecule has 1 aliphatic rings. The van der Waals surface area contributed by atoms with Crippen molar-refractivity contribution in [3.63, 3.8) is 0 Å². The summed E-state index contributed by atoms with van der Waals surface area (Å²) in [6, 6.07) is 28.6. The molecule has 2 amide bonds. The van der Waals surface area contributed by atoms with Gasteiger partial charge in [0.2, 0.25) is 11.8 Å². The van der Waals surface area contributed by atoms with Gasteiger partial charge >= 0.3 is 0 Å². The molecule has 0 radical (unpaired) electrons. The molecule has 0 aliphatic carbocycles. The lowest BCUT2D eigenvalue weighted by Crippen LogP contribution is -2.44. The fourth-order valence-corrected chi connectivity index (χ4v) is 4.75. The molecule has 4 heteroatoms. The van der Waals surface area contributed by atoms with E-state index < -0.39 is 5.41 Å². The van der Waals surface area contributed by atoms with E-state index in [1.165, 1.54) is 0 Å². The first-order valence-corrected chi connectivity index (χ1v) is 11.3. The van der Waals surface area contributed by atoms with E-state index in [-0.39, 0.29) is 11.8 Å². The molecule has 4 nitrogen and oxygen atoms in total. The molecule has 1 N–H and O–H groups in total. The highest BCUT2D eigenvalue weighted by Gasteiger charge is 2.45. The SMILES string of the molecule is CNC(=O)[C@]1(Cc2ccccc2-c2ccccc2)CCN(C(=O)CCc2ccccc2)C1. The molecule has 32 heavy (non-hydrogen) atoms. The highest BCUT2D eigenvalue weighted by Crippen LogP contribution is 2.37. The molecule has 0 bridgehead atoms. The van der Waals surface area contributed by atoms with Crippen LogP contribution < -0.4 is 5.32 Å². The molecule has 0 saturated carbocycles. The Bertz CT molecular complexity index is 1070. The first-order valence-electron chi connectivity index (χ1n) is 11.3. The Morgan fingerprint density at radius 2 is 1.56 bits per heavy atom. The second kappa shape index (κ2) is 9.82. The number of carbonyl (C=O) groups excluding carboxylic acids is 2. The van der Waals surface area contributed by atoms with Crippen LogP contribution in [0.4, 0.5) is 0 Å². The number of amides is 2. The minimum Gasteiger partial charge on any atom is -0.359 e. The third-order valence-corrected chi connectivity index (χ3v) is 6.52. The molecular weight excluding hydrogens is 396 g/mol. The van der Waals surface area contributed by atoms with Crippen LogP contribution in [-0.2, 0) is 22.4 Å². The quantitative estimate of drug-likeness (QED) is 0.605. The summed E-state index contributed by atoms with van der Waals surface area (Å²) in [5.74, 6) is 0.134. The van der Waals surface area contributed by atoms with Crippen molar-refractivity contribution in [2.24, 2.45) is 5.41 Å². The van der Waals surface area contributed by atoms with Gasteiger partial charge in [0, 0.05) is 26.6 Å². The number of hydrogen-bond donors (Lipinski definition) is 1. The van der Waals surface area contributed by atoms with Gasteiger partial charge in [0.1, 0.15) is 0 Å². The van der Waals surface area contributed by atoms with Crippen LogP contribution in [0, 0.1) is 5.41 Å². The molecule has 1 atom stereocenters. The van der Waals surface area contributed by atoms with Crippen LogP contribution in [-0.4, -0.2) is 36.9 Å². The molecule has 1 saturated heterocycles. The first-order chi connectivity index (χ1) is 15.6. The Balaban J connectivity index is 1.52. The van der Waals surface area contributed by atoms with Crippen molar-refractivity contribution in [2.45, 2.75) is 25.7 Å². The number of rotatable bonds is 7.